The lowest BCUT2D eigenvalue weighted by Gasteiger charge is -2.08. The molecule has 1 amide bonds. The standard InChI is InChI=1S/C5H8ClF2NO/c1-3(2-6)9-5(10)4(7)8/h3-4H,2H2,1H3,(H,9,10). The first-order chi connectivity index (χ1) is 4.57. The zero-order valence-corrected chi connectivity index (χ0v) is 6.16. The second-order valence-electron chi connectivity index (χ2n) is 1.86. The van der Waals surface area contributed by atoms with Crippen LogP contribution in [-0.4, -0.2) is 24.3 Å². The molecule has 0 aromatic heterocycles. The van der Waals surface area contributed by atoms with E-state index in [-0.39, 0.29) is 5.88 Å². The minimum absolute atomic E-state index is 0.137. The molecule has 0 aromatic carbocycles. The van der Waals surface area contributed by atoms with Crippen LogP contribution in [0.3, 0.4) is 0 Å². The molecule has 0 saturated carbocycles. The van der Waals surface area contributed by atoms with Gasteiger partial charge in [0, 0.05) is 11.9 Å². The van der Waals surface area contributed by atoms with Gasteiger partial charge in [-0.3, -0.25) is 4.79 Å². The largest absolute Gasteiger partial charge is 0.347 e. The number of alkyl halides is 3. The Morgan fingerprint density at radius 2 is 2.20 bits per heavy atom. The molecule has 0 saturated heterocycles. The third-order valence-electron chi connectivity index (χ3n) is 0.818. The van der Waals surface area contributed by atoms with E-state index in [1.54, 1.807) is 6.92 Å². The average Bonchev–Trinajstić information content (AvgIpc) is 1.87. The van der Waals surface area contributed by atoms with E-state index in [9.17, 15) is 13.6 Å². The highest BCUT2D eigenvalue weighted by atomic mass is 35.5. The Bertz CT molecular complexity index is 120. The molecule has 0 rings (SSSR count). The van der Waals surface area contributed by atoms with Crippen molar-refractivity contribution in [2.45, 2.75) is 19.4 Å². The summed E-state index contributed by atoms with van der Waals surface area (Å²) in [7, 11) is 0. The van der Waals surface area contributed by atoms with Crippen LogP contribution in [0.1, 0.15) is 6.92 Å². The van der Waals surface area contributed by atoms with Crippen LogP contribution in [0.2, 0.25) is 0 Å². The lowest BCUT2D eigenvalue weighted by Crippen LogP contribution is -2.37. The van der Waals surface area contributed by atoms with E-state index < -0.39 is 18.4 Å². The van der Waals surface area contributed by atoms with Gasteiger partial charge in [0.15, 0.2) is 0 Å². The Morgan fingerprint density at radius 3 is 2.50 bits per heavy atom. The maximum absolute atomic E-state index is 11.5. The lowest BCUT2D eigenvalue weighted by atomic mass is 10.4. The summed E-state index contributed by atoms with van der Waals surface area (Å²) in [6.45, 7) is 1.55. The van der Waals surface area contributed by atoms with Crippen molar-refractivity contribution in [3.05, 3.63) is 0 Å². The summed E-state index contributed by atoms with van der Waals surface area (Å²) in [5.41, 5.74) is 0. The molecule has 0 heterocycles. The van der Waals surface area contributed by atoms with Crippen molar-refractivity contribution in [1.82, 2.24) is 5.32 Å². The molecule has 0 fully saturated rings. The highest BCUT2D eigenvalue weighted by Crippen LogP contribution is 1.93. The summed E-state index contributed by atoms with van der Waals surface area (Å²) in [5, 5.41) is 2.01. The maximum atomic E-state index is 11.5. The molecule has 1 unspecified atom stereocenters. The number of hydrogen-bond donors (Lipinski definition) is 1. The number of hydrogen-bond acceptors (Lipinski definition) is 1. The highest BCUT2D eigenvalue weighted by Gasteiger charge is 2.16. The average molecular weight is 172 g/mol. The smallest absolute Gasteiger partial charge is 0.315 e. The van der Waals surface area contributed by atoms with Crippen LogP contribution in [0.25, 0.3) is 0 Å². The number of carbonyl (C=O) groups is 1. The quantitative estimate of drug-likeness (QED) is 0.631. The second kappa shape index (κ2) is 4.44. The number of nitrogens with one attached hydrogen (secondary N) is 1. The van der Waals surface area contributed by atoms with Crippen LogP contribution in [0, 0.1) is 0 Å². The topological polar surface area (TPSA) is 29.1 Å². The molecule has 0 spiro atoms. The van der Waals surface area contributed by atoms with E-state index in [2.05, 4.69) is 0 Å². The van der Waals surface area contributed by atoms with Crippen LogP contribution >= 0.6 is 11.6 Å². The zero-order chi connectivity index (χ0) is 8.15. The first-order valence-corrected chi connectivity index (χ1v) is 3.26. The molecule has 0 bridgehead atoms. The predicted octanol–water partition coefficient (Wildman–Crippen LogP) is 0.995. The van der Waals surface area contributed by atoms with Crippen molar-refractivity contribution in [3.8, 4) is 0 Å². The number of amides is 1. The summed E-state index contributed by atoms with van der Waals surface area (Å²) < 4.78 is 22.9. The maximum Gasteiger partial charge on any atom is 0.315 e. The van der Waals surface area contributed by atoms with Crippen molar-refractivity contribution >= 4 is 17.5 Å². The van der Waals surface area contributed by atoms with Gasteiger partial charge in [0.1, 0.15) is 0 Å². The summed E-state index contributed by atoms with van der Waals surface area (Å²) in [5.74, 6) is -1.13. The minimum Gasteiger partial charge on any atom is -0.347 e. The minimum atomic E-state index is -2.95. The van der Waals surface area contributed by atoms with Gasteiger partial charge in [-0.25, -0.2) is 0 Å². The van der Waals surface area contributed by atoms with Gasteiger partial charge in [0.25, 0.3) is 5.91 Å². The molecule has 0 aliphatic rings. The molecule has 1 N–H and O–H groups in total. The number of rotatable bonds is 3. The molecule has 2 nitrogen and oxygen atoms in total. The monoisotopic (exact) mass is 171 g/mol. The van der Waals surface area contributed by atoms with E-state index in [4.69, 9.17) is 11.6 Å². The predicted molar refractivity (Wildman–Crippen MR) is 34.3 cm³/mol. The third kappa shape index (κ3) is 3.61. The fraction of sp³-hybridized carbons (Fsp3) is 0.800. The molecule has 10 heavy (non-hydrogen) atoms. The molecule has 0 radical (unpaired) electrons. The molecule has 5 heteroatoms. The van der Waals surface area contributed by atoms with Crippen LogP contribution < -0.4 is 5.32 Å². The molecule has 1 atom stereocenters. The number of halogens is 3. The zero-order valence-electron chi connectivity index (χ0n) is 5.40. The molecule has 0 aliphatic heterocycles. The summed E-state index contributed by atoms with van der Waals surface area (Å²) in [6, 6.07) is -0.400. The van der Waals surface area contributed by atoms with Crippen molar-refractivity contribution in [3.63, 3.8) is 0 Å². The van der Waals surface area contributed by atoms with Gasteiger partial charge in [0.05, 0.1) is 0 Å². The van der Waals surface area contributed by atoms with E-state index in [1.807, 2.05) is 5.32 Å². The van der Waals surface area contributed by atoms with E-state index in [1.165, 1.54) is 0 Å². The molecular weight excluding hydrogens is 164 g/mol. The Kier molecular flexibility index (Phi) is 4.27. The Morgan fingerprint density at radius 1 is 1.70 bits per heavy atom. The van der Waals surface area contributed by atoms with Gasteiger partial charge in [-0.15, -0.1) is 11.6 Å². The van der Waals surface area contributed by atoms with E-state index in [0.717, 1.165) is 0 Å². The summed E-state index contributed by atoms with van der Waals surface area (Å²) >= 11 is 5.24. The van der Waals surface area contributed by atoms with E-state index >= 15 is 0 Å². The summed E-state index contributed by atoms with van der Waals surface area (Å²) in [6.07, 6.45) is -2.95. The van der Waals surface area contributed by atoms with Gasteiger partial charge >= 0.3 is 6.43 Å². The molecule has 0 aliphatic carbocycles. The Balaban J connectivity index is 3.57. The van der Waals surface area contributed by atoms with Crippen LogP contribution in [0.5, 0.6) is 0 Å². The van der Waals surface area contributed by atoms with Crippen LogP contribution in [0.4, 0.5) is 8.78 Å². The van der Waals surface area contributed by atoms with Crippen molar-refractivity contribution in [1.29, 1.82) is 0 Å². The normalized spacial score (nSPS) is 13.3. The van der Waals surface area contributed by atoms with Gasteiger partial charge in [-0.2, -0.15) is 8.78 Å². The third-order valence-corrected chi connectivity index (χ3v) is 1.28. The van der Waals surface area contributed by atoms with E-state index in [0.29, 0.717) is 0 Å². The van der Waals surface area contributed by atoms with Gasteiger partial charge in [0.2, 0.25) is 0 Å². The molecular formula is C5H8ClF2NO. The fourth-order valence-electron chi connectivity index (χ4n) is 0.344. The lowest BCUT2D eigenvalue weighted by molar-refractivity contribution is -0.132. The second-order valence-corrected chi connectivity index (χ2v) is 2.17. The van der Waals surface area contributed by atoms with Gasteiger partial charge < -0.3 is 5.32 Å². The highest BCUT2D eigenvalue weighted by molar-refractivity contribution is 6.18. The van der Waals surface area contributed by atoms with Gasteiger partial charge in [-0.1, -0.05) is 0 Å². The number of carbonyl (C=O) groups excluding carboxylic acids is 1. The van der Waals surface area contributed by atoms with Crippen molar-refractivity contribution < 1.29 is 13.6 Å². The SMILES string of the molecule is CC(CCl)NC(=O)C(F)F. The Hall–Kier alpha value is -0.380. The fourth-order valence-corrected chi connectivity index (χ4v) is 0.422. The first kappa shape index (κ1) is 9.62. The van der Waals surface area contributed by atoms with Crippen LogP contribution in [0.15, 0.2) is 0 Å². The van der Waals surface area contributed by atoms with Crippen LogP contribution in [-0.2, 0) is 4.79 Å². The molecule has 60 valence electrons. The first-order valence-electron chi connectivity index (χ1n) is 2.72. The van der Waals surface area contributed by atoms with Crippen molar-refractivity contribution in [2.24, 2.45) is 0 Å². The summed E-state index contributed by atoms with van der Waals surface area (Å²) in [4.78, 5) is 10.2. The Labute approximate surface area is 62.5 Å². The van der Waals surface area contributed by atoms with Gasteiger partial charge in [-0.05, 0) is 6.92 Å². The molecule has 0 aromatic rings. The van der Waals surface area contributed by atoms with Crippen molar-refractivity contribution in [2.75, 3.05) is 5.88 Å².